The number of ether oxygens (including phenoxy) is 2. The molecule has 2 aromatic rings. The number of likely N-dealkylation sites (tertiary alicyclic amines) is 1. The van der Waals surface area contributed by atoms with Gasteiger partial charge in [0, 0.05) is 32.4 Å². The molecule has 0 saturated carbocycles. The molecule has 24 heavy (non-hydrogen) atoms. The molecule has 2 aromatic heterocycles. The van der Waals surface area contributed by atoms with Crippen LogP contribution in [0.1, 0.15) is 23.3 Å². The van der Waals surface area contributed by atoms with E-state index in [1.54, 1.807) is 12.4 Å². The van der Waals surface area contributed by atoms with Crippen LogP contribution >= 0.6 is 0 Å². The van der Waals surface area contributed by atoms with Crippen LogP contribution in [0.2, 0.25) is 0 Å². The third-order valence-corrected chi connectivity index (χ3v) is 4.88. The first-order valence-corrected chi connectivity index (χ1v) is 8.26. The van der Waals surface area contributed by atoms with Gasteiger partial charge in [-0.15, -0.1) is 0 Å². The van der Waals surface area contributed by atoms with Crippen molar-refractivity contribution in [3.63, 3.8) is 0 Å². The molecule has 2 aliphatic rings. The molecule has 2 atom stereocenters. The van der Waals surface area contributed by atoms with Gasteiger partial charge in [-0.3, -0.25) is 9.78 Å². The van der Waals surface area contributed by atoms with Gasteiger partial charge in [0.15, 0.2) is 0 Å². The fourth-order valence-electron chi connectivity index (χ4n) is 3.64. The van der Waals surface area contributed by atoms with E-state index in [0.717, 1.165) is 25.1 Å². The minimum atomic E-state index is -0.270. The molecule has 0 unspecified atom stereocenters. The maximum atomic E-state index is 12.7. The summed E-state index contributed by atoms with van der Waals surface area (Å²) in [5.41, 5.74) is 0.446. The Morgan fingerprint density at radius 1 is 1.42 bits per heavy atom. The topological polar surface area (TPSA) is 56.6 Å². The zero-order chi connectivity index (χ0) is 16.6. The van der Waals surface area contributed by atoms with Crippen molar-refractivity contribution in [3.05, 3.63) is 48.5 Å². The largest absolute Gasteiger partial charge is 0.486 e. The molecule has 0 aliphatic carbocycles. The van der Waals surface area contributed by atoms with Crippen molar-refractivity contribution in [1.82, 2.24) is 14.5 Å². The SMILES string of the molecule is Cn1cccc1C(=O)N1CC[C@@]2(C[C@H](Oc3cccnc3)CO2)C1. The molecule has 2 aliphatic heterocycles. The van der Waals surface area contributed by atoms with Crippen LogP contribution in [-0.2, 0) is 11.8 Å². The van der Waals surface area contributed by atoms with Gasteiger partial charge in [0.25, 0.3) is 5.91 Å². The number of rotatable bonds is 3. The lowest BCUT2D eigenvalue weighted by Crippen LogP contribution is -2.36. The lowest BCUT2D eigenvalue weighted by atomic mass is 9.98. The van der Waals surface area contributed by atoms with Gasteiger partial charge >= 0.3 is 0 Å². The molecule has 6 heteroatoms. The van der Waals surface area contributed by atoms with Gasteiger partial charge in [0.05, 0.1) is 24.9 Å². The zero-order valence-electron chi connectivity index (χ0n) is 13.7. The fourth-order valence-corrected chi connectivity index (χ4v) is 3.64. The second kappa shape index (κ2) is 5.94. The van der Waals surface area contributed by atoms with Crippen LogP contribution in [0.3, 0.4) is 0 Å². The van der Waals surface area contributed by atoms with Crippen molar-refractivity contribution < 1.29 is 14.3 Å². The van der Waals surface area contributed by atoms with Crippen LogP contribution in [-0.4, -0.2) is 51.8 Å². The van der Waals surface area contributed by atoms with E-state index in [0.29, 0.717) is 18.8 Å². The number of aryl methyl sites for hydroxylation is 1. The Kier molecular flexibility index (Phi) is 3.76. The Morgan fingerprint density at radius 2 is 2.33 bits per heavy atom. The number of hydrogen-bond acceptors (Lipinski definition) is 4. The summed E-state index contributed by atoms with van der Waals surface area (Å²) < 4.78 is 13.9. The highest BCUT2D eigenvalue weighted by atomic mass is 16.6. The summed E-state index contributed by atoms with van der Waals surface area (Å²) in [6.45, 7) is 1.91. The van der Waals surface area contributed by atoms with Crippen molar-refractivity contribution in [2.45, 2.75) is 24.5 Å². The van der Waals surface area contributed by atoms with E-state index in [1.807, 2.05) is 47.0 Å². The molecule has 0 bridgehead atoms. The predicted octanol–water partition coefficient (Wildman–Crippen LogP) is 1.87. The summed E-state index contributed by atoms with van der Waals surface area (Å²) >= 11 is 0. The highest BCUT2D eigenvalue weighted by Crippen LogP contribution is 2.37. The Bertz CT molecular complexity index is 730. The first-order valence-electron chi connectivity index (χ1n) is 8.26. The van der Waals surface area contributed by atoms with Gasteiger partial charge in [-0.1, -0.05) is 0 Å². The Hall–Kier alpha value is -2.34. The molecule has 1 amide bonds. The van der Waals surface area contributed by atoms with Crippen molar-refractivity contribution in [1.29, 1.82) is 0 Å². The van der Waals surface area contributed by atoms with Crippen LogP contribution in [0.25, 0.3) is 0 Å². The molecule has 1 spiro atoms. The van der Waals surface area contributed by atoms with E-state index in [4.69, 9.17) is 9.47 Å². The van der Waals surface area contributed by atoms with Gasteiger partial charge in [-0.25, -0.2) is 0 Å². The van der Waals surface area contributed by atoms with Crippen LogP contribution in [0.5, 0.6) is 5.75 Å². The molecule has 6 nitrogen and oxygen atoms in total. The van der Waals surface area contributed by atoms with Crippen molar-refractivity contribution in [2.75, 3.05) is 19.7 Å². The van der Waals surface area contributed by atoms with Gasteiger partial charge < -0.3 is 18.9 Å². The van der Waals surface area contributed by atoms with Gasteiger partial charge in [-0.2, -0.15) is 0 Å². The summed E-state index contributed by atoms with van der Waals surface area (Å²) in [4.78, 5) is 18.6. The molecule has 0 aromatic carbocycles. The van der Waals surface area contributed by atoms with Crippen molar-refractivity contribution in [3.8, 4) is 5.75 Å². The highest BCUT2D eigenvalue weighted by molar-refractivity contribution is 5.93. The third-order valence-electron chi connectivity index (χ3n) is 4.88. The Balaban J connectivity index is 1.40. The molecule has 126 valence electrons. The minimum Gasteiger partial charge on any atom is -0.486 e. The maximum absolute atomic E-state index is 12.7. The summed E-state index contributed by atoms with van der Waals surface area (Å²) in [7, 11) is 1.89. The van der Waals surface area contributed by atoms with E-state index < -0.39 is 0 Å². The molecule has 4 heterocycles. The standard InChI is InChI=1S/C18H21N3O3/c1-20-8-3-5-16(20)17(22)21-9-6-18(13-21)10-15(12-23-18)24-14-4-2-7-19-11-14/h2-5,7-8,11,15H,6,9-10,12-13H2,1H3/t15-,18+/m0/s1. The fraction of sp³-hybridized carbons (Fsp3) is 0.444. The van der Waals surface area contributed by atoms with Gasteiger partial charge in [0.1, 0.15) is 17.5 Å². The maximum Gasteiger partial charge on any atom is 0.270 e. The third kappa shape index (κ3) is 2.78. The van der Waals surface area contributed by atoms with Crippen molar-refractivity contribution >= 4 is 5.91 Å². The average molecular weight is 327 g/mol. The van der Waals surface area contributed by atoms with Gasteiger partial charge in [-0.05, 0) is 30.7 Å². The first kappa shape index (κ1) is 15.2. The van der Waals surface area contributed by atoms with Gasteiger partial charge in [0.2, 0.25) is 0 Å². The van der Waals surface area contributed by atoms with Crippen LogP contribution in [0.4, 0.5) is 0 Å². The number of nitrogens with zero attached hydrogens (tertiary/aromatic N) is 3. The van der Waals surface area contributed by atoms with E-state index in [9.17, 15) is 4.79 Å². The van der Waals surface area contributed by atoms with E-state index in [-0.39, 0.29) is 17.6 Å². The average Bonchev–Trinajstić information content (AvgIpc) is 3.30. The highest BCUT2D eigenvalue weighted by Gasteiger charge is 2.47. The molecule has 4 rings (SSSR count). The molecule has 2 fully saturated rings. The van der Waals surface area contributed by atoms with Crippen LogP contribution in [0, 0.1) is 0 Å². The number of amides is 1. The van der Waals surface area contributed by atoms with E-state index in [2.05, 4.69) is 4.98 Å². The first-order chi connectivity index (χ1) is 11.7. The number of carbonyl (C=O) groups excluding carboxylic acids is 1. The number of aromatic nitrogens is 2. The smallest absolute Gasteiger partial charge is 0.270 e. The van der Waals surface area contributed by atoms with E-state index >= 15 is 0 Å². The molecule has 2 saturated heterocycles. The van der Waals surface area contributed by atoms with Crippen molar-refractivity contribution in [2.24, 2.45) is 7.05 Å². The molecule has 0 N–H and O–H groups in total. The Morgan fingerprint density at radius 3 is 3.08 bits per heavy atom. The normalized spacial score (nSPS) is 26.2. The summed E-state index contributed by atoms with van der Waals surface area (Å²) in [6.07, 6.45) is 7.01. The summed E-state index contributed by atoms with van der Waals surface area (Å²) in [5.74, 6) is 0.831. The molecule has 0 radical (unpaired) electrons. The summed E-state index contributed by atoms with van der Waals surface area (Å²) in [6, 6.07) is 7.51. The lowest BCUT2D eigenvalue weighted by molar-refractivity contribution is 0.00985. The monoisotopic (exact) mass is 327 g/mol. The van der Waals surface area contributed by atoms with E-state index in [1.165, 1.54) is 0 Å². The van der Waals surface area contributed by atoms with Crippen LogP contribution < -0.4 is 4.74 Å². The number of hydrogen-bond donors (Lipinski definition) is 0. The Labute approximate surface area is 141 Å². The molecular formula is C18H21N3O3. The van der Waals surface area contributed by atoms with Crippen LogP contribution in [0.15, 0.2) is 42.9 Å². The number of carbonyl (C=O) groups is 1. The number of pyridine rings is 1. The quantitative estimate of drug-likeness (QED) is 0.864. The zero-order valence-corrected chi connectivity index (χ0v) is 13.7. The summed E-state index contributed by atoms with van der Waals surface area (Å²) in [5, 5.41) is 0. The predicted molar refractivity (Wildman–Crippen MR) is 87.9 cm³/mol. The lowest BCUT2D eigenvalue weighted by Gasteiger charge is -2.23. The second-order valence-electron chi connectivity index (χ2n) is 6.61. The molecular weight excluding hydrogens is 306 g/mol. The second-order valence-corrected chi connectivity index (χ2v) is 6.61. The minimum absolute atomic E-state index is 0.0132.